The van der Waals surface area contributed by atoms with Crippen LogP contribution >= 0.6 is 0 Å². The molecule has 0 aromatic carbocycles. The summed E-state index contributed by atoms with van der Waals surface area (Å²) in [6.45, 7) is 6.11. The molecule has 2 nitrogen and oxygen atoms in total. The highest BCUT2D eigenvalue weighted by molar-refractivity contribution is 5.76. The van der Waals surface area contributed by atoms with Crippen molar-refractivity contribution >= 4 is 5.91 Å². The van der Waals surface area contributed by atoms with Crippen molar-refractivity contribution in [1.82, 2.24) is 0 Å². The van der Waals surface area contributed by atoms with Gasteiger partial charge in [0.2, 0.25) is 5.91 Å². The Morgan fingerprint density at radius 2 is 2.17 bits per heavy atom. The minimum absolute atomic E-state index is 0.00547. The van der Waals surface area contributed by atoms with Crippen LogP contribution in [0.5, 0.6) is 0 Å². The molecular weight excluding hydrogens is 150 g/mol. The molecule has 0 aliphatic carbocycles. The van der Waals surface area contributed by atoms with Crippen LogP contribution in [0.2, 0.25) is 0 Å². The molecule has 12 heavy (non-hydrogen) atoms. The fourth-order valence-electron chi connectivity index (χ4n) is 0.866. The number of amides is 1. The predicted octanol–water partition coefficient (Wildman–Crippen LogP) is 2.24. The summed E-state index contributed by atoms with van der Waals surface area (Å²) in [5, 5.41) is 0. The first-order chi connectivity index (χ1) is 5.57. The summed E-state index contributed by atoms with van der Waals surface area (Å²) in [5.41, 5.74) is 6.51. The Hall–Kier alpha value is -0.790. The summed E-state index contributed by atoms with van der Waals surface area (Å²) < 4.78 is 0. The van der Waals surface area contributed by atoms with E-state index in [0.717, 1.165) is 19.3 Å². The summed E-state index contributed by atoms with van der Waals surface area (Å²) in [4.78, 5) is 10.6. The fourth-order valence-corrected chi connectivity index (χ4v) is 0.866. The van der Waals surface area contributed by atoms with Crippen molar-refractivity contribution in [3.63, 3.8) is 0 Å². The molecule has 0 heterocycles. The highest BCUT2D eigenvalue weighted by Crippen LogP contribution is 2.08. The van der Waals surface area contributed by atoms with Crippen molar-refractivity contribution in [1.29, 1.82) is 0 Å². The largest absolute Gasteiger partial charge is 0.369 e. The first-order valence-corrected chi connectivity index (χ1v) is 4.52. The molecule has 0 fully saturated rings. The number of nitrogens with two attached hydrogens (primary N) is 1. The molecule has 0 rings (SSSR count). The van der Waals surface area contributed by atoms with Crippen molar-refractivity contribution in [2.75, 3.05) is 0 Å². The number of carbonyl (C=O) groups excluding carboxylic acids is 1. The van der Waals surface area contributed by atoms with Gasteiger partial charge in [-0.1, -0.05) is 25.5 Å². The van der Waals surface area contributed by atoms with Gasteiger partial charge in [0.15, 0.2) is 0 Å². The van der Waals surface area contributed by atoms with E-state index in [4.69, 9.17) is 5.73 Å². The lowest BCUT2D eigenvalue weighted by molar-refractivity contribution is -0.121. The van der Waals surface area contributed by atoms with E-state index in [9.17, 15) is 4.79 Å². The summed E-state index contributed by atoms with van der Waals surface area (Å²) in [6, 6.07) is 0. The lowest BCUT2D eigenvalue weighted by Gasteiger charge is -2.04. The Kier molecular flexibility index (Phi) is 5.43. The Morgan fingerprint density at radius 3 is 2.58 bits per heavy atom. The molecule has 0 bridgehead atoms. The minimum atomic E-state index is -0.197. The third kappa shape index (κ3) is 4.94. The Balaban J connectivity index is 3.62. The van der Waals surface area contributed by atoms with Crippen molar-refractivity contribution in [3.05, 3.63) is 11.6 Å². The van der Waals surface area contributed by atoms with Gasteiger partial charge >= 0.3 is 0 Å². The van der Waals surface area contributed by atoms with Gasteiger partial charge in [-0.15, -0.1) is 0 Å². The zero-order chi connectivity index (χ0) is 9.56. The van der Waals surface area contributed by atoms with Crippen molar-refractivity contribution in [2.24, 2.45) is 11.7 Å². The second-order valence-electron chi connectivity index (χ2n) is 3.28. The molecular formula is C10H19NO. The molecule has 0 saturated carbocycles. The first-order valence-electron chi connectivity index (χ1n) is 4.52. The smallest absolute Gasteiger partial charge is 0.220 e. The Morgan fingerprint density at radius 1 is 1.58 bits per heavy atom. The van der Waals surface area contributed by atoms with Crippen molar-refractivity contribution < 1.29 is 4.79 Å². The molecule has 2 heteroatoms. The van der Waals surface area contributed by atoms with Gasteiger partial charge in [-0.25, -0.2) is 0 Å². The Bertz CT molecular complexity index is 173. The van der Waals surface area contributed by atoms with Gasteiger partial charge in [-0.2, -0.15) is 0 Å². The quantitative estimate of drug-likeness (QED) is 0.630. The third-order valence-corrected chi connectivity index (χ3v) is 2.14. The lowest BCUT2D eigenvalue weighted by Crippen LogP contribution is -2.20. The van der Waals surface area contributed by atoms with E-state index in [1.807, 2.05) is 6.92 Å². The number of rotatable bonds is 5. The van der Waals surface area contributed by atoms with Crippen LogP contribution < -0.4 is 5.73 Å². The number of hydrogen-bond acceptors (Lipinski definition) is 1. The molecule has 0 aromatic heterocycles. The normalized spacial score (nSPS) is 14.4. The summed E-state index contributed by atoms with van der Waals surface area (Å²) >= 11 is 0. The van der Waals surface area contributed by atoms with E-state index < -0.39 is 0 Å². The van der Waals surface area contributed by atoms with Gasteiger partial charge in [0.25, 0.3) is 0 Å². The molecule has 0 aliphatic rings. The molecule has 0 spiro atoms. The average Bonchev–Trinajstić information content (AvgIpc) is 2.03. The number of primary amides is 1. The van der Waals surface area contributed by atoms with E-state index in [1.54, 1.807) is 0 Å². The number of hydrogen-bond donors (Lipinski definition) is 1. The zero-order valence-electron chi connectivity index (χ0n) is 8.26. The highest BCUT2D eigenvalue weighted by atomic mass is 16.1. The van der Waals surface area contributed by atoms with E-state index in [2.05, 4.69) is 19.9 Å². The van der Waals surface area contributed by atoms with Gasteiger partial charge in [-0.3, -0.25) is 4.79 Å². The van der Waals surface area contributed by atoms with Crippen LogP contribution in [0.25, 0.3) is 0 Å². The maximum absolute atomic E-state index is 10.6. The van der Waals surface area contributed by atoms with E-state index in [0.29, 0.717) is 0 Å². The second kappa shape index (κ2) is 5.81. The van der Waals surface area contributed by atoms with Crippen LogP contribution in [0.1, 0.15) is 40.0 Å². The van der Waals surface area contributed by atoms with Gasteiger partial charge in [0.1, 0.15) is 0 Å². The van der Waals surface area contributed by atoms with E-state index >= 15 is 0 Å². The zero-order valence-corrected chi connectivity index (χ0v) is 8.26. The Labute approximate surface area is 74.8 Å². The fraction of sp³-hybridized carbons (Fsp3) is 0.700. The highest BCUT2D eigenvalue weighted by Gasteiger charge is 2.06. The topological polar surface area (TPSA) is 43.1 Å². The first kappa shape index (κ1) is 11.2. The van der Waals surface area contributed by atoms with Crippen LogP contribution in [-0.2, 0) is 4.79 Å². The average molecular weight is 169 g/mol. The minimum Gasteiger partial charge on any atom is -0.369 e. The van der Waals surface area contributed by atoms with Crippen LogP contribution in [0.3, 0.4) is 0 Å². The van der Waals surface area contributed by atoms with Crippen LogP contribution in [0.4, 0.5) is 0 Å². The van der Waals surface area contributed by atoms with Gasteiger partial charge in [-0.05, 0) is 26.2 Å². The number of allylic oxidation sites excluding steroid dienone is 2. The summed E-state index contributed by atoms with van der Waals surface area (Å²) in [5.74, 6) is -0.191. The standard InChI is InChI=1S/C10H19NO/c1-4-8(2)6-5-7-9(3)10(11)12/h6,9H,4-5,7H2,1-3H3,(H2,11,12)/b8-6-. The van der Waals surface area contributed by atoms with E-state index in [1.165, 1.54) is 5.57 Å². The molecule has 2 N–H and O–H groups in total. The summed E-state index contributed by atoms with van der Waals surface area (Å²) in [7, 11) is 0. The molecule has 0 radical (unpaired) electrons. The van der Waals surface area contributed by atoms with Gasteiger partial charge in [0, 0.05) is 5.92 Å². The predicted molar refractivity (Wildman–Crippen MR) is 51.6 cm³/mol. The monoisotopic (exact) mass is 169 g/mol. The number of carbonyl (C=O) groups is 1. The maximum atomic E-state index is 10.6. The van der Waals surface area contributed by atoms with Crippen LogP contribution in [0.15, 0.2) is 11.6 Å². The van der Waals surface area contributed by atoms with Gasteiger partial charge < -0.3 is 5.73 Å². The van der Waals surface area contributed by atoms with Crippen LogP contribution in [-0.4, -0.2) is 5.91 Å². The van der Waals surface area contributed by atoms with Crippen molar-refractivity contribution in [3.8, 4) is 0 Å². The molecule has 0 aliphatic heterocycles. The van der Waals surface area contributed by atoms with Crippen molar-refractivity contribution in [2.45, 2.75) is 40.0 Å². The molecule has 1 atom stereocenters. The van der Waals surface area contributed by atoms with Crippen LogP contribution in [0, 0.1) is 5.92 Å². The van der Waals surface area contributed by atoms with E-state index in [-0.39, 0.29) is 11.8 Å². The third-order valence-electron chi connectivity index (χ3n) is 2.14. The second-order valence-corrected chi connectivity index (χ2v) is 3.28. The molecule has 1 amide bonds. The maximum Gasteiger partial charge on any atom is 0.220 e. The molecule has 0 saturated heterocycles. The molecule has 70 valence electrons. The van der Waals surface area contributed by atoms with Gasteiger partial charge in [0.05, 0.1) is 0 Å². The summed E-state index contributed by atoms with van der Waals surface area (Å²) in [6.07, 6.45) is 5.10. The molecule has 0 aromatic rings. The lowest BCUT2D eigenvalue weighted by atomic mass is 10.0. The SMILES string of the molecule is CC/C(C)=C\CCC(C)C(N)=O. The molecule has 1 unspecified atom stereocenters.